The Morgan fingerprint density at radius 1 is 0.931 bits per heavy atom. The molecule has 152 valence electrons. The fraction of sp³-hybridized carbons (Fsp3) is 0.417. The Kier molecular flexibility index (Phi) is 6.57. The summed E-state index contributed by atoms with van der Waals surface area (Å²) in [5.74, 6) is 0.167. The molecule has 0 aliphatic carbocycles. The van der Waals surface area contributed by atoms with Crippen molar-refractivity contribution in [2.75, 3.05) is 25.0 Å². The van der Waals surface area contributed by atoms with Crippen LogP contribution in [0.2, 0.25) is 0 Å². The van der Waals surface area contributed by atoms with Crippen LogP contribution in [0.5, 0.6) is 0 Å². The van der Waals surface area contributed by atoms with E-state index in [0.717, 1.165) is 69.2 Å². The lowest BCUT2D eigenvalue weighted by Gasteiger charge is -2.13. The van der Waals surface area contributed by atoms with Gasteiger partial charge in [-0.25, -0.2) is 4.98 Å². The van der Waals surface area contributed by atoms with E-state index >= 15 is 0 Å². The average Bonchev–Trinajstić information content (AvgIpc) is 3.30. The molecule has 3 aromatic rings. The second-order valence-electron chi connectivity index (χ2n) is 7.80. The second-order valence-corrected chi connectivity index (χ2v) is 7.80. The third-order valence-corrected chi connectivity index (χ3v) is 5.67. The molecule has 4 rings (SSSR count). The van der Waals surface area contributed by atoms with Crippen LogP contribution in [-0.2, 0) is 4.79 Å². The van der Waals surface area contributed by atoms with Gasteiger partial charge in [0.15, 0.2) is 0 Å². The molecule has 1 aliphatic rings. The first-order chi connectivity index (χ1) is 14.3. The molecule has 0 unspecified atom stereocenters. The maximum Gasteiger partial charge on any atom is 0.237 e. The summed E-state index contributed by atoms with van der Waals surface area (Å²) in [6.45, 7) is 2.69. The number of nitrogens with zero attached hydrogens (tertiary/aromatic N) is 1. The van der Waals surface area contributed by atoms with Crippen molar-refractivity contribution < 1.29 is 4.79 Å². The number of hydrogen-bond donors (Lipinski definition) is 3. The topological polar surface area (TPSA) is 66.0 Å². The Labute approximate surface area is 172 Å². The van der Waals surface area contributed by atoms with Crippen molar-refractivity contribution >= 4 is 33.4 Å². The van der Waals surface area contributed by atoms with Crippen molar-refractivity contribution in [3.8, 4) is 0 Å². The van der Waals surface area contributed by atoms with Crippen LogP contribution >= 0.6 is 0 Å². The van der Waals surface area contributed by atoms with E-state index in [-0.39, 0.29) is 11.9 Å². The highest BCUT2D eigenvalue weighted by Gasteiger charge is 2.20. The van der Waals surface area contributed by atoms with Gasteiger partial charge in [-0.15, -0.1) is 0 Å². The Bertz CT molecular complexity index is 911. The van der Waals surface area contributed by atoms with Gasteiger partial charge in [0.25, 0.3) is 0 Å². The van der Waals surface area contributed by atoms with Crippen LogP contribution in [-0.4, -0.2) is 36.6 Å². The summed E-state index contributed by atoms with van der Waals surface area (Å²) >= 11 is 0. The molecule has 1 amide bonds. The van der Waals surface area contributed by atoms with Crippen molar-refractivity contribution in [1.29, 1.82) is 0 Å². The number of para-hydroxylation sites is 2. The van der Waals surface area contributed by atoms with Gasteiger partial charge >= 0.3 is 0 Å². The van der Waals surface area contributed by atoms with E-state index in [1.807, 2.05) is 12.1 Å². The molecule has 5 heteroatoms. The molecule has 2 aromatic carbocycles. The highest BCUT2D eigenvalue weighted by atomic mass is 16.2. The van der Waals surface area contributed by atoms with E-state index in [1.54, 1.807) is 0 Å². The fourth-order valence-electron chi connectivity index (χ4n) is 4.09. The Hall–Kier alpha value is -2.66. The fourth-order valence-corrected chi connectivity index (χ4v) is 4.09. The van der Waals surface area contributed by atoms with E-state index in [1.165, 1.54) is 16.5 Å². The maximum absolute atomic E-state index is 12.0. The number of hydrogen-bond acceptors (Lipinski definition) is 4. The van der Waals surface area contributed by atoms with Gasteiger partial charge in [-0.3, -0.25) is 4.79 Å². The van der Waals surface area contributed by atoms with Crippen molar-refractivity contribution in [3.05, 3.63) is 48.5 Å². The molecule has 1 aliphatic heterocycles. The van der Waals surface area contributed by atoms with E-state index in [0.29, 0.717) is 0 Å². The highest BCUT2D eigenvalue weighted by Crippen LogP contribution is 2.30. The number of rotatable bonds is 9. The summed E-state index contributed by atoms with van der Waals surface area (Å²) in [4.78, 5) is 16.7. The number of nitrogens with one attached hydrogen (secondary N) is 3. The molecule has 1 saturated heterocycles. The first-order valence-electron chi connectivity index (χ1n) is 10.9. The Morgan fingerprint density at radius 3 is 2.24 bits per heavy atom. The van der Waals surface area contributed by atoms with Crippen molar-refractivity contribution in [2.24, 2.45) is 0 Å². The summed E-state index contributed by atoms with van der Waals surface area (Å²) in [7, 11) is 0. The first-order valence-corrected chi connectivity index (χ1v) is 10.9. The van der Waals surface area contributed by atoms with Crippen LogP contribution in [0.15, 0.2) is 48.5 Å². The van der Waals surface area contributed by atoms with Crippen molar-refractivity contribution in [2.45, 2.75) is 44.6 Å². The van der Waals surface area contributed by atoms with Crippen LogP contribution < -0.4 is 16.0 Å². The number of benzene rings is 2. The number of aromatic nitrogens is 1. The maximum atomic E-state index is 12.0. The minimum Gasteiger partial charge on any atom is -0.384 e. The van der Waals surface area contributed by atoms with Gasteiger partial charge in [-0.1, -0.05) is 49.2 Å². The summed E-state index contributed by atoms with van der Waals surface area (Å²) < 4.78 is 0. The highest BCUT2D eigenvalue weighted by molar-refractivity contribution is 6.07. The number of carbonyl (C=O) groups excluding carboxylic acids is 1. The molecular weight excluding hydrogens is 360 g/mol. The predicted octanol–water partition coefficient (Wildman–Crippen LogP) is 4.23. The molecule has 0 saturated carbocycles. The normalized spacial score (nSPS) is 16.3. The quantitative estimate of drug-likeness (QED) is 0.378. The van der Waals surface area contributed by atoms with Crippen LogP contribution in [0, 0.1) is 0 Å². The summed E-state index contributed by atoms with van der Waals surface area (Å²) in [6, 6.07) is 16.7. The number of pyridine rings is 1. The van der Waals surface area contributed by atoms with Gasteiger partial charge in [-0.05, 0) is 44.4 Å². The monoisotopic (exact) mass is 390 g/mol. The van der Waals surface area contributed by atoms with Crippen LogP contribution in [0.3, 0.4) is 0 Å². The number of carbonyl (C=O) groups is 1. The Morgan fingerprint density at radius 2 is 1.59 bits per heavy atom. The molecular formula is C24H30N4O. The molecule has 3 N–H and O–H groups in total. The molecule has 0 spiro atoms. The summed E-state index contributed by atoms with van der Waals surface area (Å²) in [5.41, 5.74) is 3.24. The third kappa shape index (κ3) is 4.85. The van der Waals surface area contributed by atoms with E-state index in [4.69, 9.17) is 4.98 Å². The lowest BCUT2D eigenvalue weighted by molar-refractivity contribution is -0.122. The molecule has 0 bridgehead atoms. The average molecular weight is 391 g/mol. The summed E-state index contributed by atoms with van der Waals surface area (Å²) in [6.07, 6.45) is 6.52. The van der Waals surface area contributed by atoms with Gasteiger partial charge in [0.1, 0.15) is 0 Å². The van der Waals surface area contributed by atoms with Gasteiger partial charge in [-0.2, -0.15) is 0 Å². The van der Waals surface area contributed by atoms with Crippen LogP contribution in [0.4, 0.5) is 5.69 Å². The zero-order chi connectivity index (χ0) is 19.9. The lowest BCUT2D eigenvalue weighted by atomic mass is 10.1. The molecule has 1 atom stereocenters. The largest absolute Gasteiger partial charge is 0.384 e. The smallest absolute Gasteiger partial charge is 0.237 e. The van der Waals surface area contributed by atoms with Gasteiger partial charge in [0.05, 0.1) is 22.8 Å². The molecule has 2 heterocycles. The predicted molar refractivity (Wildman–Crippen MR) is 120 cm³/mol. The zero-order valence-electron chi connectivity index (χ0n) is 16.9. The number of fused-ring (bicyclic) bond motifs is 2. The minimum atomic E-state index is 0.0317. The third-order valence-electron chi connectivity index (χ3n) is 5.67. The van der Waals surface area contributed by atoms with Gasteiger partial charge < -0.3 is 16.0 Å². The minimum absolute atomic E-state index is 0.0317. The Balaban J connectivity index is 1.23. The van der Waals surface area contributed by atoms with Crippen LogP contribution in [0.1, 0.15) is 38.5 Å². The molecule has 1 aromatic heterocycles. The molecule has 0 radical (unpaired) electrons. The van der Waals surface area contributed by atoms with Crippen molar-refractivity contribution in [1.82, 2.24) is 15.6 Å². The van der Waals surface area contributed by atoms with Gasteiger partial charge in [0, 0.05) is 23.9 Å². The number of anilines is 1. The molecule has 29 heavy (non-hydrogen) atoms. The molecule has 1 fully saturated rings. The number of unbranched alkanes of at least 4 members (excludes halogenated alkanes) is 3. The zero-order valence-corrected chi connectivity index (χ0v) is 16.9. The van der Waals surface area contributed by atoms with E-state index < -0.39 is 0 Å². The SMILES string of the molecule is O=C(NCCCCCCNc1c2ccccc2nc2ccccc12)[C@@H]1CCCN1. The summed E-state index contributed by atoms with van der Waals surface area (Å²) in [5, 5.41) is 12.3. The van der Waals surface area contributed by atoms with E-state index in [9.17, 15) is 4.79 Å². The van der Waals surface area contributed by atoms with E-state index in [2.05, 4.69) is 52.3 Å². The lowest BCUT2D eigenvalue weighted by Crippen LogP contribution is -2.40. The van der Waals surface area contributed by atoms with Crippen molar-refractivity contribution in [3.63, 3.8) is 0 Å². The van der Waals surface area contributed by atoms with Gasteiger partial charge in [0.2, 0.25) is 5.91 Å². The second kappa shape index (κ2) is 9.70. The first kappa shape index (κ1) is 19.6. The molecule has 5 nitrogen and oxygen atoms in total. The van der Waals surface area contributed by atoms with Crippen LogP contribution in [0.25, 0.3) is 21.8 Å². The standard InChI is InChI=1S/C24H30N4O/c29-24(22-14-9-17-25-22)27-16-8-2-1-7-15-26-23-18-10-3-5-12-20(18)28-21-13-6-4-11-19(21)23/h3-6,10-13,22,25H,1-2,7-9,14-17H2,(H,26,28)(H,27,29)/t22-/m0/s1. The number of amides is 1.